The average molecular weight is 390 g/mol. The van der Waals surface area contributed by atoms with Crippen LogP contribution in [0.2, 0.25) is 0 Å². The average Bonchev–Trinajstić information content (AvgIpc) is 3.09. The maximum atomic E-state index is 13.4. The zero-order chi connectivity index (χ0) is 19.8. The van der Waals surface area contributed by atoms with Crippen molar-refractivity contribution in [1.29, 1.82) is 0 Å². The summed E-state index contributed by atoms with van der Waals surface area (Å²) in [4.78, 5) is 0.322. The maximum absolute atomic E-state index is 13.4. The highest BCUT2D eigenvalue weighted by Crippen LogP contribution is 2.43. The molecule has 0 radical (unpaired) electrons. The fraction of sp³-hybridized carbons (Fsp3) is 0.167. The van der Waals surface area contributed by atoms with Crippen molar-refractivity contribution in [2.45, 2.75) is 24.2 Å². The lowest BCUT2D eigenvalue weighted by Crippen LogP contribution is -2.36. The van der Waals surface area contributed by atoms with Gasteiger partial charge in [-0.3, -0.25) is 4.31 Å². The molecular weight excluding hydrogens is 366 g/mol. The van der Waals surface area contributed by atoms with E-state index in [0.29, 0.717) is 11.4 Å². The highest BCUT2D eigenvalue weighted by molar-refractivity contribution is 7.89. The first-order valence-corrected chi connectivity index (χ1v) is 10.8. The molecule has 0 aromatic heterocycles. The molecule has 0 saturated carbocycles. The van der Waals surface area contributed by atoms with E-state index >= 15 is 0 Å². The van der Waals surface area contributed by atoms with Crippen LogP contribution in [0.5, 0.6) is 0 Å². The summed E-state index contributed by atoms with van der Waals surface area (Å²) < 4.78 is 28.3. The monoisotopic (exact) mass is 389 g/mol. The summed E-state index contributed by atoms with van der Waals surface area (Å²) in [5.41, 5.74) is 3.44. The number of allylic oxidation sites excluding steroid dienone is 1. The van der Waals surface area contributed by atoms with Gasteiger partial charge in [-0.25, -0.2) is 8.42 Å². The van der Waals surface area contributed by atoms with E-state index in [2.05, 4.69) is 30.3 Å². The van der Waals surface area contributed by atoms with E-state index in [-0.39, 0.29) is 0 Å². The molecule has 3 nitrogen and oxygen atoms in total. The van der Waals surface area contributed by atoms with Crippen LogP contribution < -0.4 is 0 Å². The summed E-state index contributed by atoms with van der Waals surface area (Å²) in [6.45, 7) is 4.18. The molecule has 4 heteroatoms. The molecule has 1 aliphatic heterocycles. The molecule has 0 bridgehead atoms. The van der Waals surface area contributed by atoms with Crippen LogP contribution in [-0.2, 0) is 15.4 Å². The van der Waals surface area contributed by atoms with E-state index in [1.807, 2.05) is 62.4 Å². The quantitative estimate of drug-likeness (QED) is 0.637. The standard InChI is InChI=1S/C24H23NO2S/c1-19-13-15-23(16-14-19)28(26,27)25-18-24(17-20(25)2,21-9-5-3-6-10-21)22-11-7-4-8-12-22/h3-17H,18H2,1-2H3. The molecule has 0 unspecified atom stereocenters. The first kappa shape index (κ1) is 18.5. The minimum atomic E-state index is -3.63. The summed E-state index contributed by atoms with van der Waals surface area (Å²) in [7, 11) is -3.63. The van der Waals surface area contributed by atoms with Crippen LogP contribution in [0.1, 0.15) is 23.6 Å². The molecule has 0 aliphatic carbocycles. The topological polar surface area (TPSA) is 37.4 Å². The number of hydrogen-bond donors (Lipinski definition) is 0. The molecule has 1 heterocycles. The van der Waals surface area contributed by atoms with Crippen LogP contribution in [0.15, 0.2) is 102 Å². The first-order chi connectivity index (χ1) is 13.4. The number of rotatable bonds is 4. The molecule has 0 amide bonds. The summed E-state index contributed by atoms with van der Waals surface area (Å²) in [6.07, 6.45) is 2.09. The summed E-state index contributed by atoms with van der Waals surface area (Å²) in [5.74, 6) is 0. The van der Waals surface area contributed by atoms with Gasteiger partial charge in [-0.05, 0) is 43.2 Å². The van der Waals surface area contributed by atoms with E-state index < -0.39 is 15.4 Å². The number of nitrogens with zero attached hydrogens (tertiary/aromatic N) is 1. The van der Waals surface area contributed by atoms with Crippen LogP contribution in [0, 0.1) is 6.92 Å². The third-order valence-corrected chi connectivity index (χ3v) is 7.29. The Morgan fingerprint density at radius 3 is 1.75 bits per heavy atom. The van der Waals surface area contributed by atoms with Crippen LogP contribution in [0.4, 0.5) is 0 Å². The summed E-state index contributed by atoms with van der Waals surface area (Å²) in [6, 6.07) is 27.3. The van der Waals surface area contributed by atoms with Gasteiger partial charge in [-0.1, -0.05) is 78.4 Å². The van der Waals surface area contributed by atoms with Crippen molar-refractivity contribution >= 4 is 10.0 Å². The number of aryl methyl sites for hydroxylation is 1. The molecule has 0 spiro atoms. The molecule has 28 heavy (non-hydrogen) atoms. The molecule has 142 valence electrons. The van der Waals surface area contributed by atoms with Gasteiger partial charge >= 0.3 is 0 Å². The zero-order valence-electron chi connectivity index (χ0n) is 16.0. The van der Waals surface area contributed by atoms with Gasteiger partial charge in [0.2, 0.25) is 0 Å². The molecule has 1 aliphatic rings. The molecule has 3 aromatic rings. The Morgan fingerprint density at radius 1 is 0.750 bits per heavy atom. The molecule has 0 saturated heterocycles. The van der Waals surface area contributed by atoms with Crippen molar-refractivity contribution in [3.05, 3.63) is 113 Å². The molecule has 0 atom stereocenters. The lowest BCUT2D eigenvalue weighted by atomic mass is 9.75. The molecular formula is C24H23NO2S. The van der Waals surface area contributed by atoms with E-state index in [9.17, 15) is 8.42 Å². The van der Waals surface area contributed by atoms with Crippen molar-refractivity contribution in [2.24, 2.45) is 0 Å². The van der Waals surface area contributed by atoms with Gasteiger partial charge in [0.05, 0.1) is 16.9 Å². The van der Waals surface area contributed by atoms with E-state index in [1.165, 1.54) is 4.31 Å². The molecule has 4 rings (SSSR count). The summed E-state index contributed by atoms with van der Waals surface area (Å²) in [5, 5.41) is 0. The van der Waals surface area contributed by atoms with Gasteiger partial charge in [0.1, 0.15) is 0 Å². The Hall–Kier alpha value is -2.85. The van der Waals surface area contributed by atoms with Crippen molar-refractivity contribution in [1.82, 2.24) is 4.31 Å². The predicted octanol–water partition coefficient (Wildman–Crippen LogP) is 4.89. The molecule has 0 fully saturated rings. The van der Waals surface area contributed by atoms with Crippen molar-refractivity contribution in [3.63, 3.8) is 0 Å². The third kappa shape index (κ3) is 3.04. The Labute approximate surface area is 167 Å². The maximum Gasteiger partial charge on any atom is 0.264 e. The Balaban J connectivity index is 1.83. The van der Waals surface area contributed by atoms with Crippen LogP contribution in [0.25, 0.3) is 0 Å². The zero-order valence-corrected chi connectivity index (χ0v) is 16.9. The highest BCUT2D eigenvalue weighted by Gasteiger charge is 2.43. The van der Waals surface area contributed by atoms with Crippen LogP contribution in [-0.4, -0.2) is 19.3 Å². The van der Waals surface area contributed by atoms with E-state index in [1.54, 1.807) is 12.1 Å². The SMILES string of the molecule is CC1=CC(c2ccccc2)(c2ccccc2)CN1S(=O)(=O)c1ccc(C)cc1. The van der Waals surface area contributed by atoms with Crippen LogP contribution >= 0.6 is 0 Å². The van der Waals surface area contributed by atoms with Crippen molar-refractivity contribution in [3.8, 4) is 0 Å². The third-order valence-electron chi connectivity index (χ3n) is 5.43. The smallest absolute Gasteiger partial charge is 0.264 e. The van der Waals surface area contributed by atoms with Gasteiger partial charge in [-0.15, -0.1) is 0 Å². The number of benzene rings is 3. The molecule has 0 N–H and O–H groups in total. The Bertz CT molecular complexity index is 1060. The normalized spacial score (nSPS) is 16.1. The summed E-state index contributed by atoms with van der Waals surface area (Å²) >= 11 is 0. The number of sulfonamides is 1. The van der Waals surface area contributed by atoms with Crippen molar-refractivity contribution in [2.75, 3.05) is 6.54 Å². The lowest BCUT2D eigenvalue weighted by Gasteiger charge is -2.31. The highest BCUT2D eigenvalue weighted by atomic mass is 32.2. The second-order valence-corrected chi connectivity index (χ2v) is 9.18. The van der Waals surface area contributed by atoms with Gasteiger partial charge < -0.3 is 0 Å². The van der Waals surface area contributed by atoms with Crippen molar-refractivity contribution < 1.29 is 8.42 Å². The van der Waals surface area contributed by atoms with Gasteiger partial charge in [0.25, 0.3) is 10.0 Å². The fourth-order valence-corrected chi connectivity index (χ4v) is 5.46. The fourth-order valence-electron chi connectivity index (χ4n) is 3.92. The minimum Gasteiger partial charge on any atom is -0.269 e. The van der Waals surface area contributed by atoms with E-state index in [4.69, 9.17) is 0 Å². The lowest BCUT2D eigenvalue weighted by molar-refractivity contribution is 0.461. The van der Waals surface area contributed by atoms with E-state index in [0.717, 1.165) is 22.4 Å². The van der Waals surface area contributed by atoms with Gasteiger partial charge in [0, 0.05) is 5.70 Å². The first-order valence-electron chi connectivity index (χ1n) is 9.33. The molecule has 3 aromatic carbocycles. The second kappa shape index (κ2) is 6.95. The largest absolute Gasteiger partial charge is 0.269 e. The Kier molecular flexibility index (Phi) is 4.60. The van der Waals surface area contributed by atoms with Gasteiger partial charge in [-0.2, -0.15) is 0 Å². The second-order valence-electron chi connectivity index (χ2n) is 7.31. The predicted molar refractivity (Wildman–Crippen MR) is 112 cm³/mol. The Morgan fingerprint density at radius 2 is 1.25 bits per heavy atom. The number of hydrogen-bond acceptors (Lipinski definition) is 2. The minimum absolute atomic E-state index is 0.322. The van der Waals surface area contributed by atoms with Crippen LogP contribution in [0.3, 0.4) is 0 Å². The van der Waals surface area contributed by atoms with Gasteiger partial charge in [0.15, 0.2) is 0 Å².